The Bertz CT molecular complexity index is 868. The second kappa shape index (κ2) is 7.92. The molecule has 188 valence electrons. The van der Waals surface area contributed by atoms with Crippen molar-refractivity contribution in [3.05, 3.63) is 11.6 Å². The third-order valence-corrected chi connectivity index (χ3v) is 12.0. The van der Waals surface area contributed by atoms with Gasteiger partial charge in [-0.25, -0.2) is 0 Å². The molecule has 0 bridgehead atoms. The molecule has 9 atom stereocenters. The largest absolute Gasteiger partial charge is 0.393 e. The Kier molecular flexibility index (Phi) is 5.77. The summed E-state index contributed by atoms with van der Waals surface area (Å²) < 4.78 is 8.65. The minimum absolute atomic E-state index is 0.0278. The first kappa shape index (κ1) is 24.0. The van der Waals surface area contributed by atoms with E-state index in [0.717, 1.165) is 38.5 Å². The molecule has 3 heteroatoms. The summed E-state index contributed by atoms with van der Waals surface area (Å²) in [4.78, 5) is 14.0. The second-order valence-electron chi connectivity index (χ2n) is 14.1. The van der Waals surface area contributed by atoms with Gasteiger partial charge in [0.25, 0.3) is 0 Å². The highest BCUT2D eigenvalue weighted by molar-refractivity contribution is 5.84. The topological polar surface area (TPSA) is 57.5 Å². The van der Waals surface area contributed by atoms with Crippen molar-refractivity contribution >= 4 is 5.78 Å². The zero-order valence-corrected chi connectivity index (χ0v) is 22.6. The summed E-state index contributed by atoms with van der Waals surface area (Å²) in [6.07, 6.45) is 8.24. The fraction of sp³-hybridized carbons (Fsp3) is 0.900. The number of aliphatic hydroxyl groups is 2. The van der Waals surface area contributed by atoms with E-state index in [4.69, 9.17) is 1.37 Å². The molecule has 4 fully saturated rings. The molecular formula is C30H50O3. The van der Waals surface area contributed by atoms with E-state index in [2.05, 4.69) is 54.5 Å². The molecule has 0 aliphatic heterocycles. The molecule has 4 aliphatic carbocycles. The van der Waals surface area contributed by atoms with Crippen LogP contribution < -0.4 is 0 Å². The van der Waals surface area contributed by atoms with Crippen LogP contribution in [-0.4, -0.2) is 27.7 Å². The smallest absolute Gasteiger partial charge is 0.137 e. The third kappa shape index (κ3) is 3.53. The summed E-state index contributed by atoms with van der Waals surface area (Å²) in [6, 6.07) is 0. The predicted octanol–water partition coefficient (Wildman–Crippen LogP) is 6.71. The van der Waals surface area contributed by atoms with Crippen LogP contribution in [0.5, 0.6) is 0 Å². The van der Waals surface area contributed by atoms with Crippen molar-refractivity contribution in [3.8, 4) is 0 Å². The van der Waals surface area contributed by atoms with E-state index in [1.165, 1.54) is 5.57 Å². The molecule has 0 radical (unpaired) electrons. The van der Waals surface area contributed by atoms with E-state index in [1.807, 2.05) is 6.92 Å². The SMILES string of the molecule is [3H][C@]1(O)CC[C@]2(C)[C@H]3CC(=O)[C@@H]4[C@@H]([C@@](C)(O)CCC=C(C)C)CC[C@@]4(C)[C@]3(C)CC[C@H]2C1(C)C. The fourth-order valence-electron chi connectivity index (χ4n) is 9.78. The zero-order chi connectivity index (χ0) is 25.5. The van der Waals surface area contributed by atoms with Crippen LogP contribution in [-0.2, 0) is 4.79 Å². The van der Waals surface area contributed by atoms with Gasteiger partial charge in [-0.2, -0.15) is 0 Å². The summed E-state index contributed by atoms with van der Waals surface area (Å²) in [5.74, 6) is 0.838. The molecule has 2 N–H and O–H groups in total. The second-order valence-corrected chi connectivity index (χ2v) is 14.1. The van der Waals surface area contributed by atoms with Gasteiger partial charge in [0.15, 0.2) is 0 Å². The molecule has 3 nitrogen and oxygen atoms in total. The van der Waals surface area contributed by atoms with Crippen molar-refractivity contribution in [1.29, 1.82) is 0 Å². The first-order chi connectivity index (χ1) is 15.4. The lowest BCUT2D eigenvalue weighted by atomic mass is 9.35. The van der Waals surface area contributed by atoms with Gasteiger partial charge in [0, 0.05) is 12.3 Å². The van der Waals surface area contributed by atoms with Gasteiger partial charge >= 0.3 is 0 Å². The number of hydrogen-bond donors (Lipinski definition) is 2. The highest BCUT2D eigenvalue weighted by Gasteiger charge is 2.71. The number of ketones is 1. The van der Waals surface area contributed by atoms with Crippen molar-refractivity contribution in [2.24, 2.45) is 45.3 Å². The predicted molar refractivity (Wildman–Crippen MR) is 135 cm³/mol. The van der Waals surface area contributed by atoms with E-state index in [1.54, 1.807) is 0 Å². The van der Waals surface area contributed by atoms with Crippen LogP contribution in [0.2, 0.25) is 0 Å². The van der Waals surface area contributed by atoms with Gasteiger partial charge in [0.2, 0.25) is 0 Å². The lowest BCUT2D eigenvalue weighted by Gasteiger charge is -2.69. The molecule has 4 rings (SSSR count). The Hall–Kier alpha value is -0.670. The van der Waals surface area contributed by atoms with Gasteiger partial charge in [-0.3, -0.25) is 4.79 Å². The number of carbonyl (C=O) groups is 1. The standard InChI is InChI=1S/C30H50O3/c1-19(2)10-9-14-30(8,33)20-11-16-29(7)25(20)21(31)18-23-27(5)15-13-24(32)26(3,4)22(27)12-17-28(23,29)6/h10,20,22-25,32-33H,9,11-18H2,1-8H3/t20-,22-,23+,24-,25-,27-,28+,29+,30-/m0/s1/i24T. The summed E-state index contributed by atoms with van der Waals surface area (Å²) in [5.41, 5.74) is -0.161. The highest BCUT2D eigenvalue weighted by Crippen LogP contribution is 2.75. The van der Waals surface area contributed by atoms with Crippen LogP contribution in [0.3, 0.4) is 0 Å². The molecule has 0 saturated heterocycles. The van der Waals surface area contributed by atoms with Crippen molar-refractivity contribution < 1.29 is 16.4 Å². The minimum Gasteiger partial charge on any atom is -0.393 e. The zero-order valence-electron chi connectivity index (χ0n) is 23.6. The Morgan fingerprint density at radius 1 is 1.06 bits per heavy atom. The Morgan fingerprint density at radius 2 is 1.70 bits per heavy atom. The fourth-order valence-corrected chi connectivity index (χ4v) is 9.78. The first-order valence-corrected chi connectivity index (χ1v) is 13.5. The number of allylic oxidation sites excluding steroid dienone is 2. The summed E-state index contributed by atoms with van der Waals surface area (Å²) in [5, 5.41) is 22.6. The van der Waals surface area contributed by atoms with Gasteiger partial charge in [0.05, 0.1) is 13.1 Å². The Balaban J connectivity index is 1.68. The normalized spacial score (nSPS) is 51.0. The van der Waals surface area contributed by atoms with Gasteiger partial charge in [-0.05, 0) is 112 Å². The summed E-state index contributed by atoms with van der Waals surface area (Å²) in [7, 11) is 0. The number of hydrogen-bond acceptors (Lipinski definition) is 3. The average molecular weight is 461 g/mol. The summed E-state index contributed by atoms with van der Waals surface area (Å²) in [6.45, 7) is 17.5. The van der Waals surface area contributed by atoms with Gasteiger partial charge < -0.3 is 10.2 Å². The van der Waals surface area contributed by atoms with Gasteiger partial charge in [-0.15, -0.1) is 0 Å². The van der Waals surface area contributed by atoms with E-state index >= 15 is 0 Å². The highest BCUT2D eigenvalue weighted by atomic mass is 16.3. The van der Waals surface area contributed by atoms with E-state index < -0.39 is 17.1 Å². The molecule has 33 heavy (non-hydrogen) atoms. The van der Waals surface area contributed by atoms with Crippen LogP contribution in [0.25, 0.3) is 0 Å². The van der Waals surface area contributed by atoms with Crippen molar-refractivity contribution in [3.63, 3.8) is 0 Å². The molecule has 0 heterocycles. The van der Waals surface area contributed by atoms with Crippen LogP contribution in [0.1, 0.15) is 115 Å². The number of Topliss-reactive ketones (excluding diaryl/α,β-unsaturated/α-hetero) is 1. The quantitative estimate of drug-likeness (QED) is 0.458. The Labute approximate surface area is 204 Å². The molecule has 0 spiro atoms. The maximum absolute atomic E-state index is 14.0. The lowest BCUT2D eigenvalue weighted by Crippen LogP contribution is -2.65. The van der Waals surface area contributed by atoms with Crippen LogP contribution in [0.15, 0.2) is 11.6 Å². The molecule has 0 amide bonds. The van der Waals surface area contributed by atoms with Crippen LogP contribution in [0.4, 0.5) is 0 Å². The van der Waals surface area contributed by atoms with E-state index in [0.29, 0.717) is 25.0 Å². The molecule has 0 unspecified atom stereocenters. The monoisotopic (exact) mass is 460 g/mol. The number of rotatable bonds is 4. The van der Waals surface area contributed by atoms with Crippen LogP contribution in [0, 0.1) is 45.3 Å². The maximum Gasteiger partial charge on any atom is 0.137 e. The maximum atomic E-state index is 14.0. The third-order valence-electron chi connectivity index (χ3n) is 12.0. The van der Waals surface area contributed by atoms with E-state index in [-0.39, 0.29) is 39.9 Å². The minimum atomic E-state index is -1.40. The van der Waals surface area contributed by atoms with Crippen molar-refractivity contribution in [2.45, 2.75) is 125 Å². The van der Waals surface area contributed by atoms with E-state index in [9.17, 15) is 15.0 Å². The molecular weight excluding hydrogens is 408 g/mol. The number of carbonyl (C=O) groups excluding carboxylic acids is 1. The lowest BCUT2D eigenvalue weighted by molar-refractivity contribution is -0.221. The van der Waals surface area contributed by atoms with Gasteiger partial charge in [0.1, 0.15) is 5.78 Å². The molecule has 4 saturated carbocycles. The van der Waals surface area contributed by atoms with Crippen molar-refractivity contribution in [1.82, 2.24) is 0 Å². The van der Waals surface area contributed by atoms with Crippen molar-refractivity contribution in [2.75, 3.05) is 0 Å². The summed E-state index contributed by atoms with van der Waals surface area (Å²) >= 11 is 0. The molecule has 0 aromatic rings. The molecule has 4 aliphatic rings. The molecule has 0 aromatic carbocycles. The molecule has 0 aromatic heterocycles. The average Bonchev–Trinajstić information content (AvgIpc) is 3.08. The van der Waals surface area contributed by atoms with Crippen LogP contribution >= 0.6 is 0 Å². The van der Waals surface area contributed by atoms with Gasteiger partial charge in [-0.1, -0.05) is 46.3 Å². The Morgan fingerprint density at radius 3 is 2.33 bits per heavy atom. The first-order valence-electron chi connectivity index (χ1n) is 14.0. The number of fused-ring (bicyclic) bond motifs is 5.